The summed E-state index contributed by atoms with van der Waals surface area (Å²) < 4.78 is 0. The highest BCUT2D eigenvalue weighted by Gasteiger charge is 2.34. The van der Waals surface area contributed by atoms with Crippen LogP contribution < -0.4 is 11.1 Å². The molecule has 14 heavy (non-hydrogen) atoms. The van der Waals surface area contributed by atoms with Crippen molar-refractivity contribution in [2.45, 2.75) is 44.3 Å². The Morgan fingerprint density at radius 3 is 2.79 bits per heavy atom. The third-order valence-electron chi connectivity index (χ3n) is 3.04. The molecule has 1 amide bonds. The first-order valence-corrected chi connectivity index (χ1v) is 5.47. The first-order chi connectivity index (χ1) is 6.66. The van der Waals surface area contributed by atoms with Crippen LogP contribution in [-0.2, 0) is 4.79 Å². The third-order valence-corrected chi connectivity index (χ3v) is 3.04. The van der Waals surface area contributed by atoms with Gasteiger partial charge in [0.15, 0.2) is 0 Å². The fraction of sp³-hybridized carbons (Fsp3) is 0.900. The highest BCUT2D eigenvalue weighted by atomic mass is 16.2. The monoisotopic (exact) mass is 197 g/mol. The summed E-state index contributed by atoms with van der Waals surface area (Å²) >= 11 is 0. The minimum Gasteiger partial charge on any atom is -0.351 e. The smallest absolute Gasteiger partial charge is 0.236 e. The van der Waals surface area contributed by atoms with Gasteiger partial charge >= 0.3 is 0 Å². The summed E-state index contributed by atoms with van der Waals surface area (Å²) in [5.74, 6) is -0.0207. The molecular weight excluding hydrogens is 178 g/mol. The lowest BCUT2D eigenvalue weighted by Crippen LogP contribution is -2.45. The average Bonchev–Trinajstić information content (AvgIpc) is 2.88. The second-order valence-corrected chi connectivity index (χ2v) is 4.51. The van der Waals surface area contributed by atoms with Crippen LogP contribution in [0.1, 0.15) is 26.2 Å². The van der Waals surface area contributed by atoms with Crippen molar-refractivity contribution in [1.29, 1.82) is 0 Å². The molecule has 4 heteroatoms. The van der Waals surface area contributed by atoms with Crippen molar-refractivity contribution in [3.8, 4) is 0 Å². The minimum absolute atomic E-state index is 0.0207. The summed E-state index contributed by atoms with van der Waals surface area (Å²) in [7, 11) is 0. The van der Waals surface area contributed by atoms with E-state index in [0.717, 1.165) is 25.6 Å². The summed E-state index contributed by atoms with van der Waals surface area (Å²) in [4.78, 5) is 13.8. The average molecular weight is 197 g/mol. The molecule has 2 fully saturated rings. The van der Waals surface area contributed by atoms with Gasteiger partial charge in [0, 0.05) is 25.2 Å². The Labute approximate surface area is 84.8 Å². The van der Waals surface area contributed by atoms with Gasteiger partial charge in [0.25, 0.3) is 0 Å². The van der Waals surface area contributed by atoms with Crippen molar-refractivity contribution in [3.63, 3.8) is 0 Å². The van der Waals surface area contributed by atoms with Crippen LogP contribution in [0.15, 0.2) is 0 Å². The summed E-state index contributed by atoms with van der Waals surface area (Å²) in [6.45, 7) is 3.88. The number of nitrogens with one attached hydrogen (secondary N) is 1. The number of carbonyl (C=O) groups is 1. The molecule has 1 saturated heterocycles. The molecule has 80 valence electrons. The maximum Gasteiger partial charge on any atom is 0.236 e. The number of likely N-dealkylation sites (tertiary alicyclic amines) is 1. The lowest BCUT2D eigenvalue weighted by Gasteiger charge is -2.16. The fourth-order valence-corrected chi connectivity index (χ4v) is 2.01. The molecule has 0 aromatic carbocycles. The van der Waals surface area contributed by atoms with Gasteiger partial charge in [-0.25, -0.2) is 0 Å². The van der Waals surface area contributed by atoms with Crippen molar-refractivity contribution >= 4 is 5.91 Å². The molecule has 3 N–H and O–H groups in total. The molecule has 1 aliphatic carbocycles. The van der Waals surface area contributed by atoms with E-state index in [9.17, 15) is 4.79 Å². The zero-order valence-electron chi connectivity index (χ0n) is 8.70. The van der Waals surface area contributed by atoms with E-state index in [2.05, 4.69) is 10.2 Å². The molecule has 0 aromatic heterocycles. The van der Waals surface area contributed by atoms with Crippen LogP contribution in [-0.4, -0.2) is 42.0 Å². The Balaban J connectivity index is 1.75. The van der Waals surface area contributed by atoms with E-state index < -0.39 is 0 Å². The fourth-order valence-electron chi connectivity index (χ4n) is 2.01. The van der Waals surface area contributed by atoms with Crippen molar-refractivity contribution in [2.24, 2.45) is 5.73 Å². The van der Waals surface area contributed by atoms with Crippen LogP contribution in [0.4, 0.5) is 0 Å². The van der Waals surface area contributed by atoms with Crippen LogP contribution in [0.2, 0.25) is 0 Å². The molecule has 0 aromatic rings. The molecule has 1 aliphatic heterocycles. The van der Waals surface area contributed by atoms with E-state index in [1.807, 2.05) is 0 Å². The molecule has 1 saturated carbocycles. The summed E-state index contributed by atoms with van der Waals surface area (Å²) in [6.07, 6.45) is 3.76. The van der Waals surface area contributed by atoms with Crippen LogP contribution >= 0.6 is 0 Å². The maximum absolute atomic E-state index is 11.3. The largest absolute Gasteiger partial charge is 0.351 e. The number of hydrogen-bond donors (Lipinski definition) is 2. The standard InChI is InChI=1S/C10H19N3O/c1-7(11)10(14)12-8-4-5-13(6-8)9-2-3-9/h7-9H,2-6,11H2,1H3,(H,12,14)/t7-,8?/m1/s1. The minimum atomic E-state index is -0.384. The first-order valence-electron chi connectivity index (χ1n) is 5.47. The molecule has 0 bridgehead atoms. The van der Waals surface area contributed by atoms with Crippen LogP contribution in [0.25, 0.3) is 0 Å². The molecule has 0 spiro atoms. The maximum atomic E-state index is 11.3. The normalized spacial score (nSPS) is 30.3. The van der Waals surface area contributed by atoms with E-state index in [0.29, 0.717) is 6.04 Å². The number of nitrogens with zero attached hydrogens (tertiary/aromatic N) is 1. The van der Waals surface area contributed by atoms with Gasteiger partial charge in [0.05, 0.1) is 6.04 Å². The number of hydrogen-bond acceptors (Lipinski definition) is 3. The number of rotatable bonds is 3. The zero-order valence-corrected chi connectivity index (χ0v) is 8.70. The van der Waals surface area contributed by atoms with Crippen molar-refractivity contribution in [3.05, 3.63) is 0 Å². The Morgan fingerprint density at radius 1 is 1.50 bits per heavy atom. The molecule has 4 nitrogen and oxygen atoms in total. The lowest BCUT2D eigenvalue weighted by molar-refractivity contribution is -0.122. The van der Waals surface area contributed by atoms with Gasteiger partial charge < -0.3 is 11.1 Å². The molecule has 1 heterocycles. The number of carbonyl (C=O) groups excluding carboxylic acids is 1. The van der Waals surface area contributed by atoms with Gasteiger partial charge in [-0.05, 0) is 26.2 Å². The van der Waals surface area contributed by atoms with E-state index in [4.69, 9.17) is 5.73 Å². The van der Waals surface area contributed by atoms with Crippen LogP contribution in [0.3, 0.4) is 0 Å². The quantitative estimate of drug-likeness (QED) is 0.652. The van der Waals surface area contributed by atoms with Crippen molar-refractivity contribution < 1.29 is 4.79 Å². The second-order valence-electron chi connectivity index (χ2n) is 4.51. The molecule has 1 unspecified atom stereocenters. The van der Waals surface area contributed by atoms with Crippen LogP contribution in [0.5, 0.6) is 0 Å². The summed E-state index contributed by atoms with van der Waals surface area (Å²) in [5, 5.41) is 2.99. The molecule has 2 atom stereocenters. The molecular formula is C10H19N3O. The van der Waals surface area contributed by atoms with E-state index in [-0.39, 0.29) is 11.9 Å². The Hall–Kier alpha value is -0.610. The van der Waals surface area contributed by atoms with Gasteiger partial charge in [0.1, 0.15) is 0 Å². The highest BCUT2D eigenvalue weighted by molar-refractivity contribution is 5.81. The van der Waals surface area contributed by atoms with Crippen molar-refractivity contribution in [1.82, 2.24) is 10.2 Å². The number of nitrogens with two attached hydrogens (primary N) is 1. The lowest BCUT2D eigenvalue weighted by atomic mass is 10.2. The molecule has 0 radical (unpaired) electrons. The SMILES string of the molecule is C[C@@H](N)C(=O)NC1CCN(C2CC2)C1. The Kier molecular flexibility index (Phi) is 2.74. The summed E-state index contributed by atoms with van der Waals surface area (Å²) in [5.41, 5.74) is 5.50. The van der Waals surface area contributed by atoms with Crippen molar-refractivity contribution in [2.75, 3.05) is 13.1 Å². The van der Waals surface area contributed by atoms with Gasteiger partial charge in [-0.3, -0.25) is 9.69 Å². The van der Waals surface area contributed by atoms with E-state index >= 15 is 0 Å². The van der Waals surface area contributed by atoms with E-state index in [1.165, 1.54) is 12.8 Å². The van der Waals surface area contributed by atoms with Gasteiger partial charge in [-0.1, -0.05) is 0 Å². The molecule has 2 aliphatic rings. The van der Waals surface area contributed by atoms with Gasteiger partial charge in [0.2, 0.25) is 5.91 Å². The Bertz CT molecular complexity index is 225. The number of amides is 1. The highest BCUT2D eigenvalue weighted by Crippen LogP contribution is 2.29. The second kappa shape index (κ2) is 3.87. The third kappa shape index (κ3) is 2.25. The Morgan fingerprint density at radius 2 is 2.21 bits per heavy atom. The zero-order chi connectivity index (χ0) is 10.1. The topological polar surface area (TPSA) is 58.4 Å². The first kappa shape index (κ1) is 9.93. The van der Waals surface area contributed by atoms with E-state index in [1.54, 1.807) is 6.92 Å². The van der Waals surface area contributed by atoms with Crippen LogP contribution in [0, 0.1) is 0 Å². The molecule has 2 rings (SSSR count). The predicted molar refractivity (Wildman–Crippen MR) is 54.8 cm³/mol. The van der Waals surface area contributed by atoms with Gasteiger partial charge in [-0.15, -0.1) is 0 Å². The van der Waals surface area contributed by atoms with Gasteiger partial charge in [-0.2, -0.15) is 0 Å². The summed E-state index contributed by atoms with van der Waals surface area (Å²) in [6, 6.07) is 0.756. The predicted octanol–water partition coefficient (Wildman–Crippen LogP) is -0.313.